The van der Waals surface area contributed by atoms with Crippen molar-refractivity contribution in [1.29, 1.82) is 0 Å². The van der Waals surface area contributed by atoms with Gasteiger partial charge in [0.2, 0.25) is 35.4 Å². The topological polar surface area (TPSA) is 275 Å². The Labute approximate surface area is 435 Å². The standard InChI is InChI=1S/C54H68N8O11S/c1-31-48(74-30-58-31)37-15-13-34(14-16-37)25-57-50(67)42-24-39(73-29-46(65)66)26-61(42)53(70)49(54(3,4)5)60-45(64)28-71-22-21-33-9-11-35(12-10-33)27-72-32(2)41(19-20-44(56)63)59-51(68)43-23-38-8-6-7-36-17-18-40(55)52(69)62(43)47(36)38/h6-16,30,32,39-43,49H,17-29,55H2,1-5H3,(H2,56,63)(H,57,67)(H,59,68)(H,60,64)(H,65,66)/t32-,39-,40+,41+,42+,43+,49-/m1/s1. The zero-order chi connectivity index (χ0) is 53.3. The Morgan fingerprint density at radius 3 is 2.30 bits per heavy atom. The van der Waals surface area contributed by atoms with E-state index in [2.05, 4.69) is 20.9 Å². The van der Waals surface area contributed by atoms with Gasteiger partial charge in [-0.2, -0.15) is 0 Å². The molecule has 0 radical (unpaired) electrons. The number of rotatable bonds is 23. The molecule has 7 atom stereocenters. The fourth-order valence-electron chi connectivity index (χ4n) is 9.64. The van der Waals surface area contributed by atoms with E-state index < -0.39 is 84.0 Å². The zero-order valence-electron chi connectivity index (χ0n) is 42.6. The number of aryl methyl sites for hydroxylation is 2. The number of aliphatic carboxylic acids is 1. The van der Waals surface area contributed by atoms with Crippen molar-refractivity contribution in [1.82, 2.24) is 25.8 Å². The molecular weight excluding hydrogens is 969 g/mol. The van der Waals surface area contributed by atoms with Crippen LogP contribution >= 0.6 is 11.3 Å². The maximum atomic E-state index is 14.3. The van der Waals surface area contributed by atoms with Crippen molar-refractivity contribution >= 4 is 58.4 Å². The first kappa shape index (κ1) is 55.2. The molecule has 8 N–H and O–H groups in total. The summed E-state index contributed by atoms with van der Waals surface area (Å²) in [6.07, 6.45) is 1.04. The lowest BCUT2D eigenvalue weighted by molar-refractivity contribution is -0.145. The number of para-hydroxylation sites is 1. The number of likely N-dealkylation sites (tertiary alicyclic amines) is 1. The molecule has 0 bridgehead atoms. The number of carbonyl (C=O) groups excluding carboxylic acids is 6. The van der Waals surface area contributed by atoms with Gasteiger partial charge in [-0.25, -0.2) is 9.78 Å². The van der Waals surface area contributed by atoms with Crippen LogP contribution in [0.1, 0.15) is 86.9 Å². The second-order valence-corrected chi connectivity index (χ2v) is 21.2. The van der Waals surface area contributed by atoms with Crippen molar-refractivity contribution in [2.24, 2.45) is 16.9 Å². The van der Waals surface area contributed by atoms with E-state index in [4.69, 9.17) is 25.7 Å². The van der Waals surface area contributed by atoms with Gasteiger partial charge in [-0.1, -0.05) is 87.5 Å². The lowest BCUT2D eigenvalue weighted by Crippen LogP contribution is -2.58. The summed E-state index contributed by atoms with van der Waals surface area (Å²) >= 11 is 1.55. The monoisotopic (exact) mass is 1040 g/mol. The molecule has 1 aromatic heterocycles. The summed E-state index contributed by atoms with van der Waals surface area (Å²) in [5.74, 6) is -3.80. The van der Waals surface area contributed by atoms with E-state index in [-0.39, 0.29) is 64.0 Å². The van der Waals surface area contributed by atoms with Crippen molar-refractivity contribution in [3.63, 3.8) is 0 Å². The fourth-order valence-corrected chi connectivity index (χ4v) is 10.5. The number of hydrogen-bond donors (Lipinski definition) is 6. The molecule has 20 heteroatoms. The number of nitrogens with one attached hydrogen (secondary N) is 3. The van der Waals surface area contributed by atoms with E-state index in [1.807, 2.05) is 80.6 Å². The molecule has 74 heavy (non-hydrogen) atoms. The molecule has 1 fully saturated rings. The summed E-state index contributed by atoms with van der Waals surface area (Å²) < 4.78 is 17.6. The highest BCUT2D eigenvalue weighted by Gasteiger charge is 2.46. The minimum Gasteiger partial charge on any atom is -0.480 e. The van der Waals surface area contributed by atoms with Crippen molar-refractivity contribution < 1.29 is 52.9 Å². The van der Waals surface area contributed by atoms with Crippen molar-refractivity contribution in [3.05, 3.63) is 106 Å². The summed E-state index contributed by atoms with van der Waals surface area (Å²) in [6, 6.07) is 17.1. The maximum absolute atomic E-state index is 14.3. The third-order valence-electron chi connectivity index (χ3n) is 13.8. The first-order valence-electron chi connectivity index (χ1n) is 25.0. The lowest BCUT2D eigenvalue weighted by atomic mass is 9.85. The number of nitrogens with zero attached hydrogens (tertiary/aromatic N) is 3. The van der Waals surface area contributed by atoms with Gasteiger partial charge in [0.15, 0.2) is 0 Å². The summed E-state index contributed by atoms with van der Waals surface area (Å²) in [5.41, 5.74) is 20.0. The Balaban J connectivity index is 0.884. The molecule has 396 valence electrons. The number of aromatic nitrogens is 1. The van der Waals surface area contributed by atoms with Gasteiger partial charge >= 0.3 is 5.97 Å². The first-order valence-corrected chi connectivity index (χ1v) is 25.9. The van der Waals surface area contributed by atoms with Gasteiger partial charge < -0.3 is 51.6 Å². The Morgan fingerprint density at radius 2 is 1.62 bits per heavy atom. The molecule has 0 unspecified atom stereocenters. The van der Waals surface area contributed by atoms with Crippen LogP contribution in [0.15, 0.2) is 72.2 Å². The number of anilines is 1. The van der Waals surface area contributed by atoms with E-state index in [1.54, 1.807) is 42.5 Å². The summed E-state index contributed by atoms with van der Waals surface area (Å²) in [7, 11) is 0. The van der Waals surface area contributed by atoms with E-state index in [9.17, 15) is 38.7 Å². The summed E-state index contributed by atoms with van der Waals surface area (Å²) in [5, 5.41) is 18.1. The van der Waals surface area contributed by atoms with Crippen LogP contribution in [0.3, 0.4) is 0 Å². The van der Waals surface area contributed by atoms with E-state index in [1.165, 1.54) is 4.90 Å². The highest BCUT2D eigenvalue weighted by molar-refractivity contribution is 7.13. The zero-order valence-corrected chi connectivity index (χ0v) is 43.4. The molecule has 3 aliphatic rings. The number of thiazole rings is 1. The van der Waals surface area contributed by atoms with Crippen LogP contribution in [-0.2, 0) is 80.2 Å². The fraction of sp³-hybridized carbons (Fsp3) is 0.481. The second-order valence-electron chi connectivity index (χ2n) is 20.4. The third-order valence-corrected chi connectivity index (χ3v) is 14.8. The molecule has 3 aromatic carbocycles. The first-order chi connectivity index (χ1) is 35.3. The van der Waals surface area contributed by atoms with Gasteiger partial charge in [-0.15, -0.1) is 11.3 Å². The Kier molecular flexibility index (Phi) is 18.4. The van der Waals surface area contributed by atoms with Gasteiger partial charge in [-0.05, 0) is 78.3 Å². The number of benzene rings is 3. The maximum Gasteiger partial charge on any atom is 0.329 e. The highest BCUT2D eigenvalue weighted by Crippen LogP contribution is 2.39. The van der Waals surface area contributed by atoms with E-state index >= 15 is 0 Å². The van der Waals surface area contributed by atoms with Crippen molar-refractivity contribution in [2.75, 3.05) is 31.3 Å². The molecule has 0 spiro atoms. The molecule has 7 rings (SSSR count). The van der Waals surface area contributed by atoms with Crippen LogP contribution < -0.4 is 32.3 Å². The molecule has 0 aliphatic carbocycles. The molecule has 0 saturated carbocycles. The van der Waals surface area contributed by atoms with Gasteiger partial charge in [0, 0.05) is 32.4 Å². The number of ether oxygens (including phenoxy) is 3. The Morgan fingerprint density at radius 1 is 0.919 bits per heavy atom. The Hall–Kier alpha value is -6.58. The predicted molar refractivity (Wildman–Crippen MR) is 276 cm³/mol. The quantitative estimate of drug-likeness (QED) is 0.0582. The normalized spacial score (nSPS) is 19.5. The Bertz CT molecular complexity index is 2670. The van der Waals surface area contributed by atoms with Gasteiger partial charge in [0.1, 0.15) is 31.3 Å². The molecule has 4 aromatic rings. The SMILES string of the molecule is Cc1ncsc1-c1ccc(CNC(=O)[C@@H]2C[C@@H](OCC(=O)O)CN2C(=O)[C@@H](NC(=O)COCCc2ccc(CO[C@H](C)[C@H](CCC(N)=O)NC(=O)[C@@H]3Cc4cccc5c4N3C(=O)[C@@H](N)CC5)cc2)C(C)(C)C)cc1. The van der Waals surface area contributed by atoms with Crippen LogP contribution in [-0.4, -0.2) is 125 Å². The minimum atomic E-state index is -1.18. The van der Waals surface area contributed by atoms with Gasteiger partial charge in [-0.3, -0.25) is 33.7 Å². The average molecular weight is 1040 g/mol. The minimum absolute atomic E-state index is 0.0224. The summed E-state index contributed by atoms with van der Waals surface area (Å²) in [4.78, 5) is 100. The molecule has 4 heterocycles. The van der Waals surface area contributed by atoms with Gasteiger partial charge in [0.05, 0.1) is 59.3 Å². The number of carboxylic acids is 1. The van der Waals surface area contributed by atoms with E-state index in [0.29, 0.717) is 25.7 Å². The highest BCUT2D eigenvalue weighted by atomic mass is 32.1. The molecule has 6 amide bonds. The molecule has 19 nitrogen and oxygen atoms in total. The predicted octanol–water partition coefficient (Wildman–Crippen LogP) is 3.48. The van der Waals surface area contributed by atoms with Crippen LogP contribution in [0.2, 0.25) is 0 Å². The third kappa shape index (κ3) is 14.0. The lowest BCUT2D eigenvalue weighted by Gasteiger charge is -2.35. The smallest absolute Gasteiger partial charge is 0.329 e. The van der Waals surface area contributed by atoms with Crippen LogP contribution in [0.4, 0.5) is 5.69 Å². The second kappa shape index (κ2) is 24.6. The molecule has 1 saturated heterocycles. The van der Waals surface area contributed by atoms with E-state index in [0.717, 1.165) is 49.6 Å². The summed E-state index contributed by atoms with van der Waals surface area (Å²) in [6.45, 7) is 8.79. The number of nitrogens with two attached hydrogens (primary N) is 2. The number of hydrogen-bond acceptors (Lipinski definition) is 13. The number of amides is 6. The number of primary amides is 1. The van der Waals surface area contributed by atoms with Crippen LogP contribution in [0.25, 0.3) is 10.4 Å². The number of carbonyl (C=O) groups is 7. The number of carboxylic acid groups (broad SMARTS) is 1. The average Bonchev–Trinajstić information content (AvgIpc) is 4.10. The van der Waals surface area contributed by atoms with Crippen LogP contribution in [0.5, 0.6) is 0 Å². The van der Waals surface area contributed by atoms with Gasteiger partial charge in [0.25, 0.3) is 0 Å². The van der Waals surface area contributed by atoms with Crippen molar-refractivity contribution in [2.45, 2.75) is 135 Å². The molecule has 3 aliphatic heterocycles. The molecular formula is C54H68N8O11S. The van der Waals surface area contributed by atoms with Crippen molar-refractivity contribution in [3.8, 4) is 10.4 Å². The van der Waals surface area contributed by atoms with Crippen LogP contribution in [0, 0.1) is 12.3 Å². The largest absolute Gasteiger partial charge is 0.480 e.